The fraction of sp³-hybridized carbons (Fsp3) is 0.500. The van der Waals surface area contributed by atoms with E-state index in [1.165, 1.54) is 11.3 Å². The van der Waals surface area contributed by atoms with E-state index in [9.17, 15) is 4.79 Å². The smallest absolute Gasteiger partial charge is 0.199 e. The predicted molar refractivity (Wildman–Crippen MR) is 55.2 cm³/mol. The third kappa shape index (κ3) is 2.39. The molecule has 1 rings (SSSR count). The van der Waals surface area contributed by atoms with E-state index in [0.29, 0.717) is 12.1 Å². The predicted octanol–water partition coefficient (Wildman–Crippen LogP) is 2.57. The number of nitriles is 1. The minimum atomic E-state index is -0.526. The number of carbonyl (C=O) groups excluding carboxylic acids is 1. The molecule has 0 fully saturated rings. The number of nitrogens with zero attached hydrogens (tertiary/aromatic N) is 2. The Balaban J connectivity index is 2.79. The summed E-state index contributed by atoms with van der Waals surface area (Å²) in [6.07, 6.45) is 1.46. The lowest BCUT2D eigenvalue weighted by Gasteiger charge is -2.02. The number of rotatable bonds is 4. The molecule has 74 valence electrons. The van der Waals surface area contributed by atoms with Crippen molar-refractivity contribution in [3.8, 4) is 6.07 Å². The first kappa shape index (κ1) is 10.9. The van der Waals surface area contributed by atoms with Crippen LogP contribution < -0.4 is 0 Å². The zero-order valence-electron chi connectivity index (χ0n) is 8.28. The standard InChI is InChI=1S/C10H12N2OS/c1-3-4-8(5-11)10(13)9-6-14-7(2)12-9/h6,8H,3-4H2,1-2H3. The summed E-state index contributed by atoms with van der Waals surface area (Å²) in [6.45, 7) is 3.81. The summed E-state index contributed by atoms with van der Waals surface area (Å²) < 4.78 is 0. The van der Waals surface area contributed by atoms with Gasteiger partial charge in [0.1, 0.15) is 11.6 Å². The third-order valence-corrected chi connectivity index (χ3v) is 2.69. The number of hydrogen-bond acceptors (Lipinski definition) is 4. The van der Waals surface area contributed by atoms with Gasteiger partial charge in [-0.3, -0.25) is 4.79 Å². The molecule has 0 amide bonds. The number of aryl methyl sites for hydroxylation is 1. The van der Waals surface area contributed by atoms with E-state index in [0.717, 1.165) is 11.4 Å². The van der Waals surface area contributed by atoms with Crippen LogP contribution in [0.25, 0.3) is 0 Å². The van der Waals surface area contributed by atoms with Crippen molar-refractivity contribution in [3.63, 3.8) is 0 Å². The van der Waals surface area contributed by atoms with Crippen molar-refractivity contribution in [1.29, 1.82) is 5.26 Å². The molecule has 0 radical (unpaired) electrons. The topological polar surface area (TPSA) is 53.8 Å². The monoisotopic (exact) mass is 208 g/mol. The molecule has 0 aromatic carbocycles. The molecule has 4 heteroatoms. The summed E-state index contributed by atoms with van der Waals surface area (Å²) in [5.74, 6) is -0.666. The van der Waals surface area contributed by atoms with E-state index in [1.807, 2.05) is 19.9 Å². The number of aromatic nitrogens is 1. The second-order valence-corrected chi connectivity index (χ2v) is 4.15. The molecule has 0 bridgehead atoms. The molecule has 1 atom stereocenters. The van der Waals surface area contributed by atoms with Crippen LogP contribution in [0.1, 0.15) is 35.3 Å². The van der Waals surface area contributed by atoms with Crippen LogP contribution in [0.2, 0.25) is 0 Å². The van der Waals surface area contributed by atoms with Gasteiger partial charge in [-0.2, -0.15) is 5.26 Å². The quantitative estimate of drug-likeness (QED) is 0.714. The Morgan fingerprint density at radius 2 is 2.50 bits per heavy atom. The van der Waals surface area contributed by atoms with Gasteiger partial charge in [0.15, 0.2) is 5.78 Å². The lowest BCUT2D eigenvalue weighted by molar-refractivity contribution is 0.0939. The molecule has 3 nitrogen and oxygen atoms in total. The van der Waals surface area contributed by atoms with E-state index in [-0.39, 0.29) is 5.78 Å². The lowest BCUT2D eigenvalue weighted by Crippen LogP contribution is -2.13. The Morgan fingerprint density at radius 1 is 1.79 bits per heavy atom. The molecular weight excluding hydrogens is 196 g/mol. The van der Waals surface area contributed by atoms with Crippen molar-refractivity contribution < 1.29 is 4.79 Å². The Morgan fingerprint density at radius 3 is 2.93 bits per heavy atom. The zero-order chi connectivity index (χ0) is 10.6. The van der Waals surface area contributed by atoms with Gasteiger partial charge in [0.05, 0.1) is 11.1 Å². The second kappa shape index (κ2) is 4.87. The maximum Gasteiger partial charge on any atom is 0.199 e. The molecule has 14 heavy (non-hydrogen) atoms. The first-order valence-corrected chi connectivity index (χ1v) is 5.43. The van der Waals surface area contributed by atoms with Crippen LogP contribution in [-0.2, 0) is 0 Å². The average molecular weight is 208 g/mol. The van der Waals surface area contributed by atoms with E-state index in [2.05, 4.69) is 4.98 Å². The number of thiazole rings is 1. The maximum atomic E-state index is 11.7. The van der Waals surface area contributed by atoms with Gasteiger partial charge >= 0.3 is 0 Å². The van der Waals surface area contributed by atoms with Gasteiger partial charge in [0.2, 0.25) is 0 Å². The number of hydrogen-bond donors (Lipinski definition) is 0. The van der Waals surface area contributed by atoms with Crippen LogP contribution in [0, 0.1) is 24.2 Å². The first-order valence-electron chi connectivity index (χ1n) is 4.55. The molecule has 1 aromatic rings. The van der Waals surface area contributed by atoms with Gasteiger partial charge in [-0.25, -0.2) is 4.98 Å². The molecule has 0 saturated carbocycles. The maximum absolute atomic E-state index is 11.7. The Bertz CT molecular complexity index is 364. The van der Waals surface area contributed by atoms with Crippen molar-refractivity contribution in [3.05, 3.63) is 16.1 Å². The highest BCUT2D eigenvalue weighted by atomic mass is 32.1. The normalized spacial score (nSPS) is 12.1. The van der Waals surface area contributed by atoms with E-state index in [4.69, 9.17) is 5.26 Å². The number of carbonyl (C=O) groups is 1. The summed E-state index contributed by atoms with van der Waals surface area (Å²) in [4.78, 5) is 15.8. The van der Waals surface area contributed by atoms with Crippen LogP contribution in [0.3, 0.4) is 0 Å². The fourth-order valence-corrected chi connectivity index (χ4v) is 1.80. The van der Waals surface area contributed by atoms with Crippen LogP contribution in [-0.4, -0.2) is 10.8 Å². The van der Waals surface area contributed by atoms with Crippen molar-refractivity contribution in [2.75, 3.05) is 0 Å². The van der Waals surface area contributed by atoms with E-state index < -0.39 is 5.92 Å². The van der Waals surface area contributed by atoms with Gasteiger partial charge in [-0.15, -0.1) is 11.3 Å². The van der Waals surface area contributed by atoms with Gasteiger partial charge in [-0.05, 0) is 13.3 Å². The second-order valence-electron chi connectivity index (χ2n) is 3.09. The average Bonchev–Trinajstić information content (AvgIpc) is 2.60. The molecule has 0 spiro atoms. The minimum Gasteiger partial charge on any atom is -0.291 e. The summed E-state index contributed by atoms with van der Waals surface area (Å²) in [5.41, 5.74) is 0.438. The zero-order valence-corrected chi connectivity index (χ0v) is 9.10. The molecule has 1 aromatic heterocycles. The van der Waals surface area contributed by atoms with Crippen LogP contribution in [0.5, 0.6) is 0 Å². The van der Waals surface area contributed by atoms with Crippen molar-refractivity contribution in [2.24, 2.45) is 5.92 Å². The minimum absolute atomic E-state index is 0.140. The van der Waals surface area contributed by atoms with Crippen molar-refractivity contribution in [1.82, 2.24) is 4.98 Å². The van der Waals surface area contributed by atoms with E-state index >= 15 is 0 Å². The summed E-state index contributed by atoms with van der Waals surface area (Å²) >= 11 is 1.44. The summed E-state index contributed by atoms with van der Waals surface area (Å²) in [6, 6.07) is 2.03. The number of Topliss-reactive ketones (excluding diaryl/α,β-unsaturated/α-hetero) is 1. The summed E-state index contributed by atoms with van der Waals surface area (Å²) in [7, 11) is 0. The van der Waals surface area contributed by atoms with Crippen molar-refractivity contribution in [2.45, 2.75) is 26.7 Å². The highest BCUT2D eigenvalue weighted by Gasteiger charge is 2.20. The van der Waals surface area contributed by atoms with Gasteiger partial charge < -0.3 is 0 Å². The fourth-order valence-electron chi connectivity index (χ4n) is 1.20. The third-order valence-electron chi connectivity index (χ3n) is 1.92. The highest BCUT2D eigenvalue weighted by molar-refractivity contribution is 7.09. The van der Waals surface area contributed by atoms with Crippen LogP contribution in [0.4, 0.5) is 0 Å². The lowest BCUT2D eigenvalue weighted by atomic mass is 9.99. The first-order chi connectivity index (χ1) is 6.69. The largest absolute Gasteiger partial charge is 0.291 e. The molecule has 0 aliphatic heterocycles. The molecular formula is C10H12N2OS. The summed E-state index contributed by atoms with van der Waals surface area (Å²) in [5, 5.41) is 11.4. The van der Waals surface area contributed by atoms with Crippen molar-refractivity contribution >= 4 is 17.1 Å². The van der Waals surface area contributed by atoms with Gasteiger partial charge in [0, 0.05) is 5.38 Å². The van der Waals surface area contributed by atoms with Crippen LogP contribution >= 0.6 is 11.3 Å². The Kier molecular flexibility index (Phi) is 3.78. The van der Waals surface area contributed by atoms with Crippen LogP contribution in [0.15, 0.2) is 5.38 Å². The molecule has 0 aliphatic rings. The molecule has 0 saturated heterocycles. The SMILES string of the molecule is CCCC(C#N)C(=O)c1csc(C)n1. The molecule has 0 N–H and O–H groups in total. The molecule has 1 heterocycles. The molecule has 0 aliphatic carbocycles. The molecule has 1 unspecified atom stereocenters. The Labute approximate surface area is 87.4 Å². The van der Waals surface area contributed by atoms with Gasteiger partial charge in [-0.1, -0.05) is 13.3 Å². The highest BCUT2D eigenvalue weighted by Crippen LogP contribution is 2.15. The Hall–Kier alpha value is -1.21. The number of ketones is 1. The van der Waals surface area contributed by atoms with E-state index in [1.54, 1.807) is 5.38 Å². The van der Waals surface area contributed by atoms with Gasteiger partial charge in [0.25, 0.3) is 0 Å².